The van der Waals surface area contributed by atoms with Gasteiger partial charge in [0.1, 0.15) is 5.84 Å². The van der Waals surface area contributed by atoms with Crippen LogP contribution in [0.2, 0.25) is 0 Å². The number of hydrogen-bond acceptors (Lipinski definition) is 4. The minimum absolute atomic E-state index is 0.00237. The Morgan fingerprint density at radius 3 is 2.36 bits per heavy atom. The first-order chi connectivity index (χ1) is 15.7. The lowest BCUT2D eigenvalue weighted by Gasteiger charge is -2.17. The molecule has 8 heteroatoms. The molecular formula is C25H28N4O3S. The summed E-state index contributed by atoms with van der Waals surface area (Å²) in [6, 6.07) is 20.9. The van der Waals surface area contributed by atoms with Gasteiger partial charge in [-0.25, -0.2) is 13.6 Å². The molecule has 0 heterocycles. The number of nitrogens with one attached hydrogen (secondary N) is 2. The van der Waals surface area contributed by atoms with Crippen LogP contribution in [-0.4, -0.2) is 20.2 Å². The van der Waals surface area contributed by atoms with E-state index >= 15 is 0 Å². The molecule has 3 aromatic rings. The number of benzene rings is 3. The number of amidine groups is 1. The zero-order chi connectivity index (χ0) is 24.0. The van der Waals surface area contributed by atoms with Gasteiger partial charge in [0.25, 0.3) is 0 Å². The molecule has 0 aliphatic carbocycles. The molecule has 6 N–H and O–H groups in total. The van der Waals surface area contributed by atoms with Gasteiger partial charge in [-0.15, -0.1) is 0 Å². The van der Waals surface area contributed by atoms with E-state index in [0.29, 0.717) is 28.8 Å². The molecule has 0 fully saturated rings. The monoisotopic (exact) mass is 464 g/mol. The third-order valence-electron chi connectivity index (χ3n) is 5.39. The van der Waals surface area contributed by atoms with Gasteiger partial charge >= 0.3 is 0 Å². The predicted molar refractivity (Wildman–Crippen MR) is 131 cm³/mol. The van der Waals surface area contributed by atoms with Crippen LogP contribution in [0.5, 0.6) is 0 Å². The van der Waals surface area contributed by atoms with Crippen molar-refractivity contribution in [3.63, 3.8) is 0 Å². The minimum atomic E-state index is -3.86. The van der Waals surface area contributed by atoms with E-state index in [9.17, 15) is 13.2 Å². The van der Waals surface area contributed by atoms with Gasteiger partial charge in [-0.05, 0) is 48.2 Å². The topological polar surface area (TPSA) is 139 Å². The molecule has 1 amide bonds. The molecule has 0 saturated heterocycles. The molecule has 0 aromatic heterocycles. The van der Waals surface area contributed by atoms with Crippen molar-refractivity contribution in [3.8, 4) is 11.1 Å². The van der Waals surface area contributed by atoms with Crippen molar-refractivity contribution in [3.05, 3.63) is 83.9 Å². The minimum Gasteiger partial charge on any atom is -0.384 e. The Balaban J connectivity index is 1.76. The van der Waals surface area contributed by atoms with Crippen molar-refractivity contribution in [2.45, 2.75) is 31.1 Å². The highest BCUT2D eigenvalue weighted by molar-refractivity contribution is 7.89. The lowest BCUT2D eigenvalue weighted by molar-refractivity contribution is -0.120. The number of anilines is 1. The number of carbonyl (C=O) groups excluding carboxylic acids is 1. The third kappa shape index (κ3) is 6.27. The second-order valence-electron chi connectivity index (χ2n) is 7.91. The number of nitrogen functional groups attached to an aromatic ring is 1. The first kappa shape index (κ1) is 24.2. The van der Waals surface area contributed by atoms with Crippen LogP contribution >= 0.6 is 0 Å². The van der Waals surface area contributed by atoms with Crippen molar-refractivity contribution < 1.29 is 13.2 Å². The van der Waals surface area contributed by atoms with Gasteiger partial charge < -0.3 is 11.1 Å². The number of primary sulfonamides is 1. The maximum atomic E-state index is 13.0. The number of hydrogen-bond donors (Lipinski definition) is 4. The lowest BCUT2D eigenvalue weighted by atomic mass is 9.93. The number of sulfonamides is 1. The van der Waals surface area contributed by atoms with E-state index in [1.807, 2.05) is 25.1 Å². The van der Waals surface area contributed by atoms with Gasteiger partial charge in [0.15, 0.2) is 0 Å². The fourth-order valence-corrected chi connectivity index (χ4v) is 4.52. The highest BCUT2D eigenvalue weighted by Gasteiger charge is 2.19. The van der Waals surface area contributed by atoms with Crippen LogP contribution < -0.4 is 16.2 Å². The maximum absolute atomic E-state index is 13.0. The molecule has 0 bridgehead atoms. The van der Waals surface area contributed by atoms with E-state index in [2.05, 4.69) is 5.32 Å². The van der Waals surface area contributed by atoms with E-state index < -0.39 is 10.0 Å². The highest BCUT2D eigenvalue weighted by Crippen LogP contribution is 2.28. The average molecular weight is 465 g/mol. The van der Waals surface area contributed by atoms with Gasteiger partial charge in [0, 0.05) is 22.7 Å². The molecule has 1 unspecified atom stereocenters. The molecule has 0 aliphatic rings. The molecule has 33 heavy (non-hydrogen) atoms. The van der Waals surface area contributed by atoms with Gasteiger partial charge in [-0.2, -0.15) is 0 Å². The summed E-state index contributed by atoms with van der Waals surface area (Å²) in [7, 11) is -3.86. The first-order valence-electron chi connectivity index (χ1n) is 10.7. The smallest absolute Gasteiger partial charge is 0.238 e. The van der Waals surface area contributed by atoms with Gasteiger partial charge in [-0.3, -0.25) is 10.2 Å². The third-order valence-corrected chi connectivity index (χ3v) is 6.35. The summed E-state index contributed by atoms with van der Waals surface area (Å²) in [6.45, 7) is 2.03. The second-order valence-corrected chi connectivity index (χ2v) is 9.44. The van der Waals surface area contributed by atoms with Crippen LogP contribution in [0, 0.1) is 11.3 Å². The molecular weight excluding hydrogens is 436 g/mol. The summed E-state index contributed by atoms with van der Waals surface area (Å²) in [4.78, 5) is 13.0. The van der Waals surface area contributed by atoms with E-state index in [1.54, 1.807) is 48.5 Å². The zero-order valence-corrected chi connectivity index (χ0v) is 19.2. The predicted octanol–water partition coefficient (Wildman–Crippen LogP) is 3.88. The standard InChI is InChI=1S/C25H28N4O3S/c1-2-6-20(16-17-7-5-8-19(15-17)24(26)27)25(30)29-21-13-11-18(12-14-21)22-9-3-4-10-23(22)33(28,31)32/h3-5,7-15,20H,2,6,16H2,1H3,(H3,26,27)(H,29,30)(H2,28,31,32). The number of nitrogens with two attached hydrogens (primary N) is 2. The highest BCUT2D eigenvalue weighted by atomic mass is 32.2. The lowest BCUT2D eigenvalue weighted by Crippen LogP contribution is -2.25. The normalized spacial score (nSPS) is 12.2. The summed E-state index contributed by atoms with van der Waals surface area (Å²) in [5, 5.41) is 15.9. The molecule has 7 nitrogen and oxygen atoms in total. The SMILES string of the molecule is CCCC(Cc1cccc(C(=N)N)c1)C(=O)Nc1ccc(-c2ccccc2S(N)(=O)=O)cc1. The van der Waals surface area contributed by atoms with Gasteiger partial charge in [0.05, 0.1) is 4.90 Å². The quantitative estimate of drug-likeness (QED) is 0.282. The summed E-state index contributed by atoms with van der Waals surface area (Å²) in [5.74, 6) is -0.333. The second kappa shape index (κ2) is 10.4. The zero-order valence-electron chi connectivity index (χ0n) is 18.4. The molecule has 3 aromatic carbocycles. The number of rotatable bonds is 9. The van der Waals surface area contributed by atoms with Crippen LogP contribution in [0.25, 0.3) is 11.1 Å². The van der Waals surface area contributed by atoms with E-state index in [0.717, 1.165) is 18.4 Å². The van der Waals surface area contributed by atoms with Crippen LogP contribution in [0.3, 0.4) is 0 Å². The summed E-state index contributed by atoms with van der Waals surface area (Å²) in [6.07, 6.45) is 2.12. The van der Waals surface area contributed by atoms with Gasteiger partial charge in [-0.1, -0.05) is 61.9 Å². The van der Waals surface area contributed by atoms with Crippen LogP contribution in [-0.2, 0) is 21.2 Å². The fourth-order valence-electron chi connectivity index (χ4n) is 3.76. The summed E-state index contributed by atoms with van der Waals surface area (Å²) in [5.41, 5.74) is 8.98. The van der Waals surface area contributed by atoms with E-state index in [1.165, 1.54) is 6.07 Å². The molecule has 0 aliphatic heterocycles. The molecule has 1 atom stereocenters. The van der Waals surface area contributed by atoms with Crippen molar-refractivity contribution in [1.29, 1.82) is 5.41 Å². The van der Waals surface area contributed by atoms with Crippen LogP contribution in [0.15, 0.2) is 77.7 Å². The Bertz CT molecular complexity index is 1250. The largest absolute Gasteiger partial charge is 0.384 e. The Hall–Kier alpha value is -3.49. The van der Waals surface area contributed by atoms with Crippen molar-refractivity contribution in [1.82, 2.24) is 0 Å². The fraction of sp³-hybridized carbons (Fsp3) is 0.200. The van der Waals surface area contributed by atoms with Crippen LogP contribution in [0.4, 0.5) is 5.69 Å². The molecule has 0 radical (unpaired) electrons. The van der Waals surface area contributed by atoms with E-state index in [-0.39, 0.29) is 22.6 Å². The molecule has 0 saturated carbocycles. The van der Waals surface area contributed by atoms with Crippen molar-refractivity contribution >= 4 is 27.5 Å². The summed E-state index contributed by atoms with van der Waals surface area (Å²) >= 11 is 0. The van der Waals surface area contributed by atoms with Gasteiger partial charge in [0.2, 0.25) is 15.9 Å². The number of amides is 1. The van der Waals surface area contributed by atoms with Crippen molar-refractivity contribution in [2.75, 3.05) is 5.32 Å². The molecule has 0 spiro atoms. The Morgan fingerprint density at radius 2 is 1.73 bits per heavy atom. The van der Waals surface area contributed by atoms with Crippen molar-refractivity contribution in [2.24, 2.45) is 16.8 Å². The first-order valence-corrected chi connectivity index (χ1v) is 12.2. The average Bonchev–Trinajstić information content (AvgIpc) is 2.79. The Kier molecular flexibility index (Phi) is 7.63. The maximum Gasteiger partial charge on any atom is 0.238 e. The van der Waals surface area contributed by atoms with Crippen LogP contribution in [0.1, 0.15) is 30.9 Å². The number of carbonyl (C=O) groups is 1. The molecule has 172 valence electrons. The molecule has 3 rings (SSSR count). The Labute approximate surface area is 194 Å². The Morgan fingerprint density at radius 1 is 1.03 bits per heavy atom. The van der Waals surface area contributed by atoms with E-state index in [4.69, 9.17) is 16.3 Å². The summed E-state index contributed by atoms with van der Waals surface area (Å²) < 4.78 is 23.8.